The maximum atomic E-state index is 14.0. The maximum absolute atomic E-state index is 14.0. The van der Waals surface area contributed by atoms with E-state index in [-0.39, 0.29) is 30.1 Å². The number of hydrogen-bond acceptors (Lipinski definition) is 5. The van der Waals surface area contributed by atoms with Crippen molar-refractivity contribution < 1.29 is 23.5 Å². The summed E-state index contributed by atoms with van der Waals surface area (Å²) in [6.07, 6.45) is -0.221. The molecule has 0 unspecified atom stereocenters. The molecule has 0 spiro atoms. The Morgan fingerprint density at radius 1 is 1.06 bits per heavy atom. The molecule has 33 heavy (non-hydrogen) atoms. The number of carbonyl (C=O) groups excluding carboxylic acids is 3. The van der Waals surface area contributed by atoms with Gasteiger partial charge in [0.2, 0.25) is 11.8 Å². The number of hydrazone groups is 1. The van der Waals surface area contributed by atoms with Crippen LogP contribution in [0.15, 0.2) is 53.6 Å². The Morgan fingerprint density at radius 3 is 2.48 bits per heavy atom. The van der Waals surface area contributed by atoms with E-state index in [1.807, 2.05) is 30.3 Å². The van der Waals surface area contributed by atoms with Gasteiger partial charge in [-0.25, -0.2) is 14.2 Å². The van der Waals surface area contributed by atoms with Gasteiger partial charge in [-0.2, -0.15) is 5.10 Å². The molecule has 2 aromatic rings. The van der Waals surface area contributed by atoms with Gasteiger partial charge in [0.1, 0.15) is 11.4 Å². The van der Waals surface area contributed by atoms with Crippen molar-refractivity contribution in [2.75, 3.05) is 17.2 Å². The van der Waals surface area contributed by atoms with Gasteiger partial charge in [-0.1, -0.05) is 30.3 Å². The van der Waals surface area contributed by atoms with E-state index in [1.165, 1.54) is 17.1 Å². The zero-order valence-electron chi connectivity index (χ0n) is 18.9. The van der Waals surface area contributed by atoms with Crippen LogP contribution in [0.25, 0.3) is 0 Å². The summed E-state index contributed by atoms with van der Waals surface area (Å²) in [5.74, 6) is -1.33. The van der Waals surface area contributed by atoms with Crippen LogP contribution in [-0.4, -0.2) is 40.8 Å². The van der Waals surface area contributed by atoms with Crippen molar-refractivity contribution in [3.63, 3.8) is 0 Å². The number of anilines is 2. The fourth-order valence-corrected chi connectivity index (χ4v) is 3.16. The summed E-state index contributed by atoms with van der Waals surface area (Å²) in [6.45, 7) is 5.55. The van der Waals surface area contributed by atoms with Gasteiger partial charge in [0.25, 0.3) is 0 Å². The van der Waals surface area contributed by atoms with E-state index in [4.69, 9.17) is 4.74 Å². The quantitative estimate of drug-likeness (QED) is 0.670. The third kappa shape index (κ3) is 7.13. The molecule has 0 aliphatic carbocycles. The first kappa shape index (κ1) is 23.9. The van der Waals surface area contributed by atoms with E-state index in [0.717, 1.165) is 17.3 Å². The molecule has 2 N–H and O–H groups in total. The largest absolute Gasteiger partial charge is 0.444 e. The van der Waals surface area contributed by atoms with Crippen LogP contribution in [0.1, 0.15) is 45.6 Å². The number of hydrogen-bond donors (Lipinski definition) is 2. The third-order valence-electron chi connectivity index (χ3n) is 4.65. The zero-order chi connectivity index (χ0) is 24.0. The van der Waals surface area contributed by atoms with Crippen molar-refractivity contribution >= 4 is 35.0 Å². The molecule has 3 rings (SSSR count). The number of nitrogens with one attached hydrogen (secondary N) is 2. The lowest BCUT2D eigenvalue weighted by atomic mass is 10.1. The van der Waals surface area contributed by atoms with E-state index in [2.05, 4.69) is 15.7 Å². The molecule has 1 aliphatic heterocycles. The number of halogens is 1. The summed E-state index contributed by atoms with van der Waals surface area (Å²) >= 11 is 0. The Kier molecular flexibility index (Phi) is 7.42. The second kappa shape index (κ2) is 10.2. The zero-order valence-corrected chi connectivity index (χ0v) is 18.9. The first-order chi connectivity index (χ1) is 15.6. The van der Waals surface area contributed by atoms with E-state index in [1.54, 1.807) is 20.8 Å². The molecule has 0 fully saturated rings. The van der Waals surface area contributed by atoms with Gasteiger partial charge in [0.15, 0.2) is 0 Å². The number of amides is 3. The van der Waals surface area contributed by atoms with Crippen molar-refractivity contribution in [1.82, 2.24) is 5.01 Å². The second-order valence-electron chi connectivity index (χ2n) is 8.55. The lowest BCUT2D eigenvalue weighted by molar-refractivity contribution is -0.132. The average Bonchev–Trinajstić information content (AvgIpc) is 3.24. The molecule has 1 heterocycles. The smallest absolute Gasteiger partial charge is 0.412 e. The lowest BCUT2D eigenvalue weighted by Crippen LogP contribution is -2.27. The molecular formula is C24H27FN4O4. The number of carbonyl (C=O) groups is 3. The fourth-order valence-electron chi connectivity index (χ4n) is 3.16. The van der Waals surface area contributed by atoms with Gasteiger partial charge in [-0.3, -0.25) is 14.9 Å². The van der Waals surface area contributed by atoms with Crippen LogP contribution in [0.2, 0.25) is 0 Å². The Hall–Kier alpha value is -3.75. The SMILES string of the molecule is CC(C)(C)OC(=O)Nc1cc(NC(=O)CCC(=O)N2CCC(c3ccccc3)=N2)ccc1F. The van der Waals surface area contributed by atoms with Gasteiger partial charge in [0.05, 0.1) is 17.9 Å². The number of rotatable bonds is 6. The van der Waals surface area contributed by atoms with Crippen LogP contribution in [0, 0.1) is 5.82 Å². The normalized spacial score (nSPS) is 13.3. The molecule has 3 amide bonds. The van der Waals surface area contributed by atoms with Gasteiger partial charge in [0, 0.05) is 24.9 Å². The number of ether oxygens (including phenoxy) is 1. The van der Waals surface area contributed by atoms with Crippen LogP contribution >= 0.6 is 0 Å². The van der Waals surface area contributed by atoms with E-state index in [0.29, 0.717) is 13.0 Å². The topological polar surface area (TPSA) is 100 Å². The summed E-state index contributed by atoms with van der Waals surface area (Å²) in [5, 5.41) is 10.7. The fraction of sp³-hybridized carbons (Fsp3) is 0.333. The summed E-state index contributed by atoms with van der Waals surface area (Å²) in [4.78, 5) is 36.6. The third-order valence-corrected chi connectivity index (χ3v) is 4.65. The molecule has 2 aromatic carbocycles. The Bertz CT molecular complexity index is 1060. The van der Waals surface area contributed by atoms with Crippen molar-refractivity contribution in [3.8, 4) is 0 Å². The van der Waals surface area contributed by atoms with Crippen molar-refractivity contribution in [2.24, 2.45) is 5.10 Å². The standard InChI is InChI=1S/C24H27FN4O4/c1-24(2,3)33-23(32)27-20-15-17(9-10-18(20)25)26-21(30)11-12-22(31)29-14-13-19(28-29)16-7-5-4-6-8-16/h4-10,15H,11-14H2,1-3H3,(H,26,30)(H,27,32). The van der Waals surface area contributed by atoms with Gasteiger partial charge in [-0.15, -0.1) is 0 Å². The summed E-state index contributed by atoms with van der Waals surface area (Å²) < 4.78 is 19.1. The van der Waals surface area contributed by atoms with Crippen LogP contribution in [0.4, 0.5) is 20.6 Å². The highest BCUT2D eigenvalue weighted by Crippen LogP contribution is 2.21. The second-order valence-corrected chi connectivity index (χ2v) is 8.55. The summed E-state index contributed by atoms with van der Waals surface area (Å²) in [7, 11) is 0. The molecule has 0 atom stereocenters. The molecule has 0 bridgehead atoms. The molecule has 1 aliphatic rings. The predicted molar refractivity (Wildman–Crippen MR) is 123 cm³/mol. The molecule has 0 saturated heterocycles. The first-order valence-electron chi connectivity index (χ1n) is 10.6. The highest BCUT2D eigenvalue weighted by atomic mass is 19.1. The van der Waals surface area contributed by atoms with Gasteiger partial charge >= 0.3 is 6.09 Å². The van der Waals surface area contributed by atoms with Crippen LogP contribution in [0.3, 0.4) is 0 Å². The maximum Gasteiger partial charge on any atom is 0.412 e. The van der Waals surface area contributed by atoms with E-state index < -0.39 is 23.4 Å². The molecule has 0 saturated carbocycles. The minimum absolute atomic E-state index is 0.0123. The molecule has 0 radical (unpaired) electrons. The highest BCUT2D eigenvalue weighted by Gasteiger charge is 2.22. The summed E-state index contributed by atoms with van der Waals surface area (Å²) in [6, 6.07) is 13.4. The monoisotopic (exact) mass is 454 g/mol. The highest BCUT2D eigenvalue weighted by molar-refractivity contribution is 6.03. The van der Waals surface area contributed by atoms with Crippen molar-refractivity contribution in [2.45, 2.75) is 45.6 Å². The number of nitrogens with zero attached hydrogens (tertiary/aromatic N) is 2. The Morgan fingerprint density at radius 2 is 1.79 bits per heavy atom. The lowest BCUT2D eigenvalue weighted by Gasteiger charge is -2.20. The average molecular weight is 455 g/mol. The molecule has 8 nitrogen and oxygen atoms in total. The first-order valence-corrected chi connectivity index (χ1v) is 10.6. The minimum Gasteiger partial charge on any atom is -0.444 e. The molecular weight excluding hydrogens is 427 g/mol. The number of benzene rings is 2. The van der Waals surface area contributed by atoms with Gasteiger partial charge < -0.3 is 10.1 Å². The Labute approximate surface area is 191 Å². The molecule has 9 heteroatoms. The van der Waals surface area contributed by atoms with Gasteiger partial charge in [-0.05, 0) is 44.5 Å². The molecule has 174 valence electrons. The minimum atomic E-state index is -0.809. The predicted octanol–water partition coefficient (Wildman–Crippen LogP) is 4.53. The van der Waals surface area contributed by atoms with E-state index in [9.17, 15) is 18.8 Å². The Balaban J connectivity index is 1.52. The van der Waals surface area contributed by atoms with Crippen LogP contribution in [-0.2, 0) is 14.3 Å². The van der Waals surface area contributed by atoms with Crippen molar-refractivity contribution in [3.05, 3.63) is 59.9 Å². The van der Waals surface area contributed by atoms with E-state index >= 15 is 0 Å². The summed E-state index contributed by atoms with van der Waals surface area (Å²) in [5.41, 5.74) is 1.23. The van der Waals surface area contributed by atoms with Crippen molar-refractivity contribution in [1.29, 1.82) is 0 Å². The molecule has 0 aromatic heterocycles. The van der Waals surface area contributed by atoms with Crippen LogP contribution < -0.4 is 10.6 Å². The van der Waals surface area contributed by atoms with Crippen LogP contribution in [0.5, 0.6) is 0 Å².